The van der Waals surface area contributed by atoms with E-state index in [1.165, 1.54) is 18.2 Å². The Balaban J connectivity index is 1.99. The summed E-state index contributed by atoms with van der Waals surface area (Å²) >= 11 is 5.91. The van der Waals surface area contributed by atoms with Crippen LogP contribution in [0, 0.1) is 5.82 Å². The molecular formula is C15H13ClFNO3. The lowest BCUT2D eigenvalue weighted by Gasteiger charge is -2.11. The molecule has 0 aromatic heterocycles. The fraction of sp³-hybridized carbons (Fsp3) is 0.133. The summed E-state index contributed by atoms with van der Waals surface area (Å²) in [6.45, 7) is -0.619. The van der Waals surface area contributed by atoms with Gasteiger partial charge in [0.15, 0.2) is 6.61 Å². The number of carbonyl (C=O) groups is 1. The molecule has 21 heavy (non-hydrogen) atoms. The number of ether oxygens (including phenoxy) is 1. The van der Waals surface area contributed by atoms with E-state index in [9.17, 15) is 14.3 Å². The van der Waals surface area contributed by atoms with E-state index in [0.717, 1.165) is 0 Å². The van der Waals surface area contributed by atoms with Gasteiger partial charge in [0, 0.05) is 10.6 Å². The van der Waals surface area contributed by atoms with Crippen LogP contribution in [0.25, 0.3) is 0 Å². The maximum atomic E-state index is 13.4. The summed E-state index contributed by atoms with van der Waals surface area (Å²) in [5.41, 5.74) is 0.484. The third-order valence-corrected chi connectivity index (χ3v) is 3.09. The number of halogens is 2. The Morgan fingerprint density at radius 2 is 2.00 bits per heavy atom. The molecule has 0 atom stereocenters. The predicted molar refractivity (Wildman–Crippen MR) is 77.9 cm³/mol. The topological polar surface area (TPSA) is 58.6 Å². The highest BCUT2D eigenvalue weighted by Gasteiger charge is 2.10. The standard InChI is InChI=1S/C15H13ClFNO3/c16-11-4-3-7-14(10(11)8-19)21-9-15(20)18-13-6-2-1-5-12(13)17/h1-7,19H,8-9H2,(H,18,20). The van der Waals surface area contributed by atoms with Gasteiger partial charge in [-0.05, 0) is 24.3 Å². The first kappa shape index (κ1) is 15.3. The number of hydrogen-bond donors (Lipinski definition) is 2. The number of anilines is 1. The maximum Gasteiger partial charge on any atom is 0.262 e. The molecule has 0 spiro atoms. The van der Waals surface area contributed by atoms with Crippen LogP contribution in [0.5, 0.6) is 5.75 Å². The van der Waals surface area contributed by atoms with E-state index >= 15 is 0 Å². The van der Waals surface area contributed by atoms with Crippen molar-refractivity contribution in [3.8, 4) is 5.75 Å². The SMILES string of the molecule is O=C(COc1cccc(Cl)c1CO)Nc1ccccc1F. The molecule has 6 heteroatoms. The zero-order valence-electron chi connectivity index (χ0n) is 11.0. The van der Waals surface area contributed by atoms with Crippen molar-refractivity contribution in [3.63, 3.8) is 0 Å². The van der Waals surface area contributed by atoms with Crippen molar-refractivity contribution in [3.05, 3.63) is 58.9 Å². The van der Waals surface area contributed by atoms with Gasteiger partial charge in [0.2, 0.25) is 0 Å². The summed E-state index contributed by atoms with van der Waals surface area (Å²) in [5.74, 6) is -0.720. The molecule has 2 N–H and O–H groups in total. The number of carbonyl (C=O) groups excluding carboxylic acids is 1. The summed E-state index contributed by atoms with van der Waals surface area (Å²) in [5, 5.41) is 12.0. The molecule has 0 saturated carbocycles. The highest BCUT2D eigenvalue weighted by atomic mass is 35.5. The lowest BCUT2D eigenvalue weighted by atomic mass is 10.2. The average molecular weight is 310 g/mol. The van der Waals surface area contributed by atoms with Gasteiger partial charge < -0.3 is 15.2 Å². The highest BCUT2D eigenvalue weighted by molar-refractivity contribution is 6.31. The van der Waals surface area contributed by atoms with Gasteiger partial charge in [-0.2, -0.15) is 0 Å². The van der Waals surface area contributed by atoms with Crippen LogP contribution in [0.2, 0.25) is 5.02 Å². The largest absolute Gasteiger partial charge is 0.483 e. The molecule has 0 radical (unpaired) electrons. The van der Waals surface area contributed by atoms with E-state index in [2.05, 4.69) is 5.32 Å². The van der Waals surface area contributed by atoms with E-state index in [4.69, 9.17) is 16.3 Å². The first-order valence-corrected chi connectivity index (χ1v) is 6.55. The monoisotopic (exact) mass is 309 g/mol. The van der Waals surface area contributed by atoms with Crippen LogP contribution < -0.4 is 10.1 Å². The molecule has 1 amide bonds. The molecule has 0 aliphatic carbocycles. The summed E-state index contributed by atoms with van der Waals surface area (Å²) in [4.78, 5) is 11.7. The molecule has 0 unspecified atom stereocenters. The fourth-order valence-electron chi connectivity index (χ4n) is 1.72. The van der Waals surface area contributed by atoms with Gasteiger partial charge in [-0.25, -0.2) is 4.39 Å². The van der Waals surface area contributed by atoms with Crippen LogP contribution >= 0.6 is 11.6 Å². The highest BCUT2D eigenvalue weighted by Crippen LogP contribution is 2.26. The van der Waals surface area contributed by atoms with Gasteiger partial charge in [0.25, 0.3) is 5.91 Å². The van der Waals surface area contributed by atoms with Crippen LogP contribution in [-0.4, -0.2) is 17.6 Å². The van der Waals surface area contributed by atoms with Crippen LogP contribution in [-0.2, 0) is 11.4 Å². The minimum absolute atomic E-state index is 0.0829. The van der Waals surface area contributed by atoms with Gasteiger partial charge in [-0.3, -0.25) is 4.79 Å². The van der Waals surface area contributed by atoms with E-state index in [0.29, 0.717) is 16.3 Å². The van der Waals surface area contributed by atoms with Crippen LogP contribution in [0.1, 0.15) is 5.56 Å². The minimum atomic E-state index is -0.523. The Labute approximate surface area is 126 Å². The summed E-state index contributed by atoms with van der Waals surface area (Å²) in [7, 11) is 0. The number of hydrogen-bond acceptors (Lipinski definition) is 3. The third kappa shape index (κ3) is 3.93. The zero-order chi connectivity index (χ0) is 15.2. The molecule has 0 aliphatic rings. The molecule has 0 fully saturated rings. The molecular weight excluding hydrogens is 297 g/mol. The van der Waals surface area contributed by atoms with E-state index < -0.39 is 11.7 Å². The van der Waals surface area contributed by atoms with Crippen LogP contribution in [0.15, 0.2) is 42.5 Å². The predicted octanol–water partition coefficient (Wildman–Crippen LogP) is 2.99. The van der Waals surface area contributed by atoms with Gasteiger partial charge in [-0.15, -0.1) is 0 Å². The lowest BCUT2D eigenvalue weighted by Crippen LogP contribution is -2.21. The molecule has 110 valence electrons. The van der Waals surface area contributed by atoms with Crippen molar-refractivity contribution in [1.29, 1.82) is 0 Å². The van der Waals surface area contributed by atoms with Crippen molar-refractivity contribution in [1.82, 2.24) is 0 Å². The second-order valence-corrected chi connectivity index (χ2v) is 4.60. The molecule has 0 saturated heterocycles. The summed E-state index contributed by atoms with van der Waals surface area (Å²) in [6.07, 6.45) is 0. The van der Waals surface area contributed by atoms with Gasteiger partial charge in [0.05, 0.1) is 12.3 Å². The van der Waals surface area contributed by atoms with Gasteiger partial charge in [-0.1, -0.05) is 29.8 Å². The zero-order valence-corrected chi connectivity index (χ0v) is 11.7. The number of aliphatic hydroxyl groups is 1. The number of amides is 1. The number of para-hydroxylation sites is 1. The number of aliphatic hydroxyl groups excluding tert-OH is 1. The van der Waals surface area contributed by atoms with E-state index in [1.807, 2.05) is 0 Å². The quantitative estimate of drug-likeness (QED) is 0.892. The lowest BCUT2D eigenvalue weighted by molar-refractivity contribution is -0.118. The second-order valence-electron chi connectivity index (χ2n) is 4.19. The maximum absolute atomic E-state index is 13.4. The van der Waals surface area contributed by atoms with E-state index in [-0.39, 0.29) is 18.9 Å². The third-order valence-electron chi connectivity index (χ3n) is 2.74. The Bertz CT molecular complexity index is 649. The normalized spacial score (nSPS) is 10.2. The Hall–Kier alpha value is -2.11. The first-order valence-electron chi connectivity index (χ1n) is 6.17. The van der Waals surface area contributed by atoms with Crippen molar-refractivity contribution < 1.29 is 19.0 Å². The van der Waals surface area contributed by atoms with Gasteiger partial charge >= 0.3 is 0 Å². The fourth-order valence-corrected chi connectivity index (χ4v) is 1.95. The molecule has 0 bridgehead atoms. The van der Waals surface area contributed by atoms with Crippen molar-refractivity contribution in [2.75, 3.05) is 11.9 Å². The smallest absolute Gasteiger partial charge is 0.262 e. The minimum Gasteiger partial charge on any atom is -0.483 e. The Morgan fingerprint density at radius 3 is 2.71 bits per heavy atom. The Kier molecular flexibility index (Phi) is 5.14. The number of nitrogens with one attached hydrogen (secondary N) is 1. The van der Waals surface area contributed by atoms with E-state index in [1.54, 1.807) is 24.3 Å². The van der Waals surface area contributed by atoms with Crippen molar-refractivity contribution >= 4 is 23.2 Å². The van der Waals surface area contributed by atoms with Crippen molar-refractivity contribution in [2.24, 2.45) is 0 Å². The summed E-state index contributed by atoms with van der Waals surface area (Å²) < 4.78 is 18.7. The molecule has 4 nitrogen and oxygen atoms in total. The average Bonchev–Trinajstić information content (AvgIpc) is 2.47. The molecule has 2 aromatic carbocycles. The molecule has 2 rings (SSSR count). The second kappa shape index (κ2) is 7.06. The van der Waals surface area contributed by atoms with Gasteiger partial charge in [0.1, 0.15) is 11.6 Å². The summed E-state index contributed by atoms with van der Waals surface area (Å²) in [6, 6.07) is 10.7. The number of benzene rings is 2. The van der Waals surface area contributed by atoms with Crippen LogP contribution in [0.4, 0.5) is 10.1 Å². The number of rotatable bonds is 5. The van der Waals surface area contributed by atoms with Crippen LogP contribution in [0.3, 0.4) is 0 Å². The molecule has 0 heterocycles. The van der Waals surface area contributed by atoms with Crippen molar-refractivity contribution in [2.45, 2.75) is 6.61 Å². The first-order chi connectivity index (χ1) is 10.1. The molecule has 0 aliphatic heterocycles. The molecule has 2 aromatic rings. The Morgan fingerprint density at radius 1 is 1.24 bits per heavy atom.